The van der Waals surface area contributed by atoms with Crippen LogP contribution in [0.2, 0.25) is 0 Å². The average molecular weight is 818 g/mol. The fourth-order valence-electron chi connectivity index (χ4n) is 4.62. The Kier molecular flexibility index (Phi) is 20.6. The van der Waals surface area contributed by atoms with Crippen molar-refractivity contribution in [3.63, 3.8) is 0 Å². The molecule has 52 heavy (non-hydrogen) atoms. The van der Waals surface area contributed by atoms with E-state index in [0.717, 1.165) is 48.5 Å². The molecule has 0 N–H and O–H groups in total. The summed E-state index contributed by atoms with van der Waals surface area (Å²) < 4.78 is 56.7. The summed E-state index contributed by atoms with van der Waals surface area (Å²) in [5.74, 6) is -6.23. The Morgan fingerprint density at radius 3 is 1.04 bits per heavy atom. The van der Waals surface area contributed by atoms with Crippen LogP contribution in [0.15, 0.2) is 0 Å². The average Bonchev–Trinajstić information content (AvgIpc) is 2.96. The zero-order valence-corrected chi connectivity index (χ0v) is 30.8. The maximum Gasteiger partial charge on any atom is 0.305 e. The first kappa shape index (κ1) is 47.6. The normalized spacial score (nSPS) is 27.6. The van der Waals surface area contributed by atoms with Gasteiger partial charge in [-0.15, -0.1) is 0 Å². The van der Waals surface area contributed by atoms with Crippen LogP contribution in [0.1, 0.15) is 69.7 Å². The number of rotatable bonds is 11. The third-order valence-corrected chi connectivity index (χ3v) is 6.90. The van der Waals surface area contributed by atoms with Crippen molar-refractivity contribution in [2.75, 3.05) is 13.2 Å². The summed E-state index contributed by atoms with van der Waals surface area (Å²) in [6, 6.07) is 0. The fraction of sp³-hybridized carbons (Fsp3) is 0.710. The predicted octanol–water partition coefficient (Wildman–Crippen LogP) is 0.733. The molecule has 0 aromatic heterocycles. The van der Waals surface area contributed by atoms with Crippen LogP contribution in [-0.2, 0) is 95.3 Å². The molecule has 0 amide bonds. The second-order valence-corrected chi connectivity index (χ2v) is 11.6. The van der Waals surface area contributed by atoms with E-state index in [9.17, 15) is 43.2 Å². The highest BCUT2D eigenvalue weighted by molar-refractivity contribution is 9.09. The van der Waals surface area contributed by atoms with Gasteiger partial charge in [-0.1, -0.05) is 23.4 Å². The predicted molar refractivity (Wildman–Crippen MR) is 171 cm³/mol. The summed E-state index contributed by atoms with van der Waals surface area (Å²) in [6.07, 6.45) is -10.9. The zero-order chi connectivity index (χ0) is 39.2. The number of carbonyl (C=O) groups is 9. The molecule has 296 valence electrons. The number of halogens is 1. The second kappa shape index (κ2) is 22.5. The van der Waals surface area contributed by atoms with E-state index >= 15 is 0 Å². The number of carbonyl (C=O) groups excluding carboxylic acids is 9. The Morgan fingerprint density at radius 2 is 0.692 bits per heavy atom. The summed E-state index contributed by atoms with van der Waals surface area (Å²) in [5.41, 5.74) is 0. The van der Waals surface area contributed by atoms with Gasteiger partial charge < -0.3 is 52.1 Å². The smallest absolute Gasteiger partial charge is 0.305 e. The van der Waals surface area contributed by atoms with Gasteiger partial charge in [-0.05, 0) is 0 Å². The summed E-state index contributed by atoms with van der Waals surface area (Å²) in [7, 11) is 0. The van der Waals surface area contributed by atoms with Gasteiger partial charge in [0.25, 0.3) is 0 Å². The number of hydrogen-bond acceptors (Lipinski definition) is 20. The van der Waals surface area contributed by atoms with Gasteiger partial charge in [0.1, 0.15) is 25.4 Å². The highest BCUT2D eigenvalue weighted by Crippen LogP contribution is 2.32. The van der Waals surface area contributed by atoms with Crippen LogP contribution in [0.5, 0.6) is 0 Å². The van der Waals surface area contributed by atoms with Crippen LogP contribution < -0.4 is 0 Å². The highest BCUT2D eigenvalue weighted by Gasteiger charge is 2.54. The summed E-state index contributed by atoms with van der Waals surface area (Å²) in [6.45, 7) is 9.60. The van der Waals surface area contributed by atoms with E-state index in [1.165, 1.54) is 13.8 Å². The van der Waals surface area contributed by atoms with Gasteiger partial charge in [0.15, 0.2) is 35.5 Å². The van der Waals surface area contributed by atoms with Gasteiger partial charge in [0, 0.05) is 62.3 Å². The SMILES string of the molecule is C.CC(=O)OCC1OC(Br)C(OC(C)=O)C(OC(C)=O)C1OC(C)=O.CC(=O)OCC1OC(OC(C)=O)C(OC(C)=O)C(OC(C)=O)C1OC(C)=O. The highest BCUT2D eigenvalue weighted by atomic mass is 79.9. The summed E-state index contributed by atoms with van der Waals surface area (Å²) in [4.78, 5) is 102. The molecule has 2 saturated heterocycles. The molecule has 0 aliphatic carbocycles. The molecule has 20 nitrogen and oxygen atoms in total. The molecule has 10 unspecified atom stereocenters. The van der Waals surface area contributed by atoms with Crippen molar-refractivity contribution in [2.45, 2.75) is 130 Å². The van der Waals surface area contributed by atoms with Crippen molar-refractivity contribution in [3.05, 3.63) is 0 Å². The molecule has 0 aromatic rings. The maximum atomic E-state index is 11.5. The van der Waals surface area contributed by atoms with Crippen LogP contribution in [0, 0.1) is 0 Å². The molecule has 0 saturated carbocycles. The Labute approximate surface area is 307 Å². The van der Waals surface area contributed by atoms with Gasteiger partial charge in [-0.2, -0.15) is 0 Å². The molecule has 21 heteroatoms. The topological polar surface area (TPSA) is 255 Å². The monoisotopic (exact) mass is 816 g/mol. The van der Waals surface area contributed by atoms with E-state index in [-0.39, 0.29) is 14.0 Å². The minimum absolute atomic E-state index is 0. The molecule has 2 aliphatic rings. The Hall–Kier alpha value is -4.37. The maximum absolute atomic E-state index is 11.5. The van der Waals surface area contributed by atoms with E-state index in [1.54, 1.807) is 0 Å². The number of hydrogen-bond donors (Lipinski definition) is 0. The molecule has 0 radical (unpaired) electrons. The molecule has 0 bridgehead atoms. The van der Waals surface area contributed by atoms with Crippen molar-refractivity contribution in [1.29, 1.82) is 0 Å². The van der Waals surface area contributed by atoms with Gasteiger partial charge in [-0.25, -0.2) is 0 Å². The van der Waals surface area contributed by atoms with Crippen LogP contribution >= 0.6 is 15.9 Å². The Bertz CT molecular complexity index is 1300. The van der Waals surface area contributed by atoms with E-state index in [4.69, 9.17) is 52.1 Å². The van der Waals surface area contributed by atoms with Crippen LogP contribution in [0.3, 0.4) is 0 Å². The van der Waals surface area contributed by atoms with E-state index in [2.05, 4.69) is 15.9 Å². The molecular formula is C31H45BrO20. The van der Waals surface area contributed by atoms with Crippen molar-refractivity contribution >= 4 is 69.7 Å². The molecule has 2 heterocycles. The Morgan fingerprint density at radius 1 is 0.404 bits per heavy atom. The van der Waals surface area contributed by atoms with E-state index in [1.807, 2.05) is 0 Å². The van der Waals surface area contributed by atoms with Gasteiger partial charge in [-0.3, -0.25) is 43.2 Å². The largest absolute Gasteiger partial charge is 0.463 e. The van der Waals surface area contributed by atoms with Gasteiger partial charge in [0.05, 0.1) is 0 Å². The second-order valence-electron chi connectivity index (χ2n) is 10.7. The van der Waals surface area contributed by atoms with Gasteiger partial charge in [0.2, 0.25) is 12.4 Å². The van der Waals surface area contributed by atoms with Crippen LogP contribution in [0.4, 0.5) is 0 Å². The van der Waals surface area contributed by atoms with Crippen LogP contribution in [-0.4, -0.2) is 127 Å². The number of esters is 9. The fourth-order valence-corrected chi connectivity index (χ4v) is 5.31. The van der Waals surface area contributed by atoms with Gasteiger partial charge >= 0.3 is 53.7 Å². The number of ether oxygens (including phenoxy) is 11. The lowest BCUT2D eigenvalue weighted by Crippen LogP contribution is -2.63. The van der Waals surface area contributed by atoms with E-state index < -0.39 is 120 Å². The lowest BCUT2D eigenvalue weighted by atomic mass is 9.98. The first-order chi connectivity index (χ1) is 23.6. The van der Waals surface area contributed by atoms with Crippen LogP contribution in [0.25, 0.3) is 0 Å². The summed E-state index contributed by atoms with van der Waals surface area (Å²) in [5, 5.41) is -0.863. The van der Waals surface area contributed by atoms with Crippen molar-refractivity contribution in [2.24, 2.45) is 0 Å². The molecule has 2 fully saturated rings. The zero-order valence-electron chi connectivity index (χ0n) is 29.2. The first-order valence-corrected chi connectivity index (χ1v) is 16.0. The molecule has 10 atom stereocenters. The first-order valence-electron chi connectivity index (χ1n) is 15.0. The minimum Gasteiger partial charge on any atom is -0.463 e. The lowest BCUT2D eigenvalue weighted by molar-refractivity contribution is -0.300. The third-order valence-electron chi connectivity index (χ3n) is 6.16. The minimum atomic E-state index is -1.48. The Balaban J connectivity index is 0.000000988. The van der Waals surface area contributed by atoms with E-state index in [0.29, 0.717) is 0 Å². The number of alkyl halides is 1. The molecular weight excluding hydrogens is 772 g/mol. The van der Waals surface area contributed by atoms with Crippen molar-refractivity contribution < 1.29 is 95.3 Å². The van der Waals surface area contributed by atoms with Crippen molar-refractivity contribution in [3.8, 4) is 0 Å². The molecule has 0 spiro atoms. The third kappa shape index (κ3) is 16.8. The standard InChI is InChI=1S/C16H22O11.C14H19BrO9.CH4/c1-7(17)22-6-12-13(23-8(2)18)14(24-9(3)19)15(25-10(4)20)16(27-12)26-11(5)21;1-6(16)20-5-10-11(21-7(2)17)12(22-8(3)18)13(14(15)24-10)23-9(4)19;/h12-16H,6H2,1-5H3;10-14H,5H2,1-4H3;1H4. The summed E-state index contributed by atoms with van der Waals surface area (Å²) >= 11 is 3.18. The van der Waals surface area contributed by atoms with Crippen molar-refractivity contribution in [1.82, 2.24) is 0 Å². The molecule has 2 rings (SSSR count). The molecule has 2 aliphatic heterocycles. The lowest BCUT2D eigenvalue weighted by Gasteiger charge is -2.43. The molecule has 0 aromatic carbocycles. The quantitative estimate of drug-likeness (QED) is 0.158.